The van der Waals surface area contributed by atoms with E-state index >= 15 is 0 Å². The molecule has 1 heterocycles. The SMILES string of the molecule is CSc1ncccc1C(=O)N(CCC(=O)O)C(C)(C)C. The van der Waals surface area contributed by atoms with E-state index in [0.717, 1.165) is 0 Å². The zero-order valence-corrected chi connectivity index (χ0v) is 13.0. The molecule has 0 aliphatic rings. The van der Waals surface area contributed by atoms with Gasteiger partial charge in [0.15, 0.2) is 0 Å². The maximum absolute atomic E-state index is 12.7. The maximum Gasteiger partial charge on any atom is 0.305 e. The molecule has 0 aromatic carbocycles. The fourth-order valence-electron chi connectivity index (χ4n) is 1.81. The van der Waals surface area contributed by atoms with E-state index in [1.807, 2.05) is 27.0 Å². The zero-order valence-electron chi connectivity index (χ0n) is 12.2. The Morgan fingerprint density at radius 1 is 1.40 bits per heavy atom. The lowest BCUT2D eigenvalue weighted by Crippen LogP contribution is -2.46. The molecule has 5 nitrogen and oxygen atoms in total. The molecule has 0 fully saturated rings. The second-order valence-corrected chi connectivity index (χ2v) is 6.13. The lowest BCUT2D eigenvalue weighted by atomic mass is 10.0. The van der Waals surface area contributed by atoms with E-state index < -0.39 is 11.5 Å². The van der Waals surface area contributed by atoms with Crippen molar-refractivity contribution in [2.75, 3.05) is 12.8 Å². The van der Waals surface area contributed by atoms with Gasteiger partial charge in [-0.1, -0.05) is 0 Å². The number of rotatable bonds is 5. The van der Waals surface area contributed by atoms with Crippen molar-refractivity contribution >= 4 is 23.6 Å². The number of aliphatic carboxylic acids is 1. The summed E-state index contributed by atoms with van der Waals surface area (Å²) in [4.78, 5) is 29.2. The fourth-order valence-corrected chi connectivity index (χ4v) is 2.35. The molecule has 0 spiro atoms. The molecule has 1 N–H and O–H groups in total. The molecule has 1 aromatic heterocycles. The number of aromatic nitrogens is 1. The van der Waals surface area contributed by atoms with Crippen molar-refractivity contribution in [1.29, 1.82) is 0 Å². The van der Waals surface area contributed by atoms with Gasteiger partial charge >= 0.3 is 5.97 Å². The predicted octanol–water partition coefficient (Wildman–Crippen LogP) is 2.52. The van der Waals surface area contributed by atoms with Crippen LogP contribution in [0.25, 0.3) is 0 Å². The minimum absolute atomic E-state index is 0.0716. The predicted molar refractivity (Wildman–Crippen MR) is 79.1 cm³/mol. The van der Waals surface area contributed by atoms with E-state index in [-0.39, 0.29) is 18.9 Å². The third kappa shape index (κ3) is 4.23. The number of nitrogens with zero attached hydrogens (tertiary/aromatic N) is 2. The molecule has 110 valence electrons. The van der Waals surface area contributed by atoms with Gasteiger partial charge in [-0.05, 0) is 39.2 Å². The molecule has 0 aliphatic carbocycles. The van der Waals surface area contributed by atoms with Crippen molar-refractivity contribution in [3.8, 4) is 0 Å². The molecule has 0 saturated heterocycles. The first kappa shape index (κ1) is 16.5. The Labute approximate surface area is 123 Å². The molecular weight excluding hydrogens is 276 g/mol. The van der Waals surface area contributed by atoms with Crippen LogP contribution in [0.4, 0.5) is 0 Å². The van der Waals surface area contributed by atoms with Crippen LogP contribution in [-0.4, -0.2) is 45.2 Å². The van der Waals surface area contributed by atoms with E-state index in [1.165, 1.54) is 11.8 Å². The normalized spacial score (nSPS) is 11.2. The van der Waals surface area contributed by atoms with Crippen LogP contribution in [-0.2, 0) is 4.79 Å². The summed E-state index contributed by atoms with van der Waals surface area (Å²) in [5.74, 6) is -1.10. The molecule has 0 bridgehead atoms. The van der Waals surface area contributed by atoms with Crippen molar-refractivity contribution in [3.05, 3.63) is 23.9 Å². The van der Waals surface area contributed by atoms with Crippen LogP contribution in [0.3, 0.4) is 0 Å². The first-order valence-electron chi connectivity index (χ1n) is 6.30. The van der Waals surface area contributed by atoms with Gasteiger partial charge in [0.2, 0.25) is 0 Å². The minimum Gasteiger partial charge on any atom is -0.481 e. The maximum atomic E-state index is 12.7. The summed E-state index contributed by atoms with van der Waals surface area (Å²) in [6.07, 6.45) is 3.43. The summed E-state index contributed by atoms with van der Waals surface area (Å²) >= 11 is 1.40. The van der Waals surface area contributed by atoms with Crippen molar-refractivity contribution in [3.63, 3.8) is 0 Å². The Balaban J connectivity index is 3.07. The third-order valence-corrected chi connectivity index (χ3v) is 3.51. The summed E-state index contributed by atoms with van der Waals surface area (Å²) in [6, 6.07) is 3.44. The highest BCUT2D eigenvalue weighted by atomic mass is 32.2. The highest BCUT2D eigenvalue weighted by Crippen LogP contribution is 2.23. The van der Waals surface area contributed by atoms with Crippen LogP contribution in [0.5, 0.6) is 0 Å². The van der Waals surface area contributed by atoms with Gasteiger partial charge in [0, 0.05) is 18.3 Å². The number of carbonyl (C=O) groups excluding carboxylic acids is 1. The number of amides is 1. The summed E-state index contributed by atoms with van der Waals surface area (Å²) in [5.41, 5.74) is 0.0678. The number of carboxylic acids is 1. The second-order valence-electron chi connectivity index (χ2n) is 5.33. The molecule has 20 heavy (non-hydrogen) atoms. The molecular formula is C14H20N2O3S. The zero-order chi connectivity index (χ0) is 15.3. The molecule has 0 saturated carbocycles. The van der Waals surface area contributed by atoms with Gasteiger partial charge in [-0.3, -0.25) is 9.59 Å². The van der Waals surface area contributed by atoms with E-state index in [9.17, 15) is 9.59 Å². The second kappa shape index (κ2) is 6.74. The van der Waals surface area contributed by atoms with Gasteiger partial charge in [0.05, 0.1) is 12.0 Å². The minimum atomic E-state index is -0.914. The smallest absolute Gasteiger partial charge is 0.305 e. The van der Waals surface area contributed by atoms with Crippen molar-refractivity contribution in [2.45, 2.75) is 37.8 Å². The van der Waals surface area contributed by atoms with Gasteiger partial charge in [-0.25, -0.2) is 4.98 Å². The number of pyridine rings is 1. The first-order valence-corrected chi connectivity index (χ1v) is 7.52. The summed E-state index contributed by atoms with van der Waals surface area (Å²) in [7, 11) is 0. The van der Waals surface area contributed by atoms with Crippen molar-refractivity contribution < 1.29 is 14.7 Å². The van der Waals surface area contributed by atoms with Crippen LogP contribution in [0.1, 0.15) is 37.6 Å². The number of carbonyl (C=O) groups is 2. The Hall–Kier alpha value is -1.56. The molecule has 1 rings (SSSR count). The standard InChI is InChI=1S/C14H20N2O3S/c1-14(2,3)16(9-7-11(17)18)13(19)10-6-5-8-15-12(10)20-4/h5-6,8H,7,9H2,1-4H3,(H,17,18). The molecule has 0 atom stereocenters. The molecule has 0 radical (unpaired) electrons. The molecule has 6 heteroatoms. The highest BCUT2D eigenvalue weighted by Gasteiger charge is 2.29. The van der Waals surface area contributed by atoms with Gasteiger partial charge in [-0.15, -0.1) is 11.8 Å². The largest absolute Gasteiger partial charge is 0.481 e. The first-order chi connectivity index (χ1) is 9.27. The Bertz CT molecular complexity index is 497. The van der Waals surface area contributed by atoms with Gasteiger partial charge in [0.25, 0.3) is 5.91 Å². The molecule has 1 aromatic rings. The summed E-state index contributed by atoms with van der Waals surface area (Å²) < 4.78 is 0. The number of carboxylic acid groups (broad SMARTS) is 1. The van der Waals surface area contributed by atoms with Crippen LogP contribution in [0.15, 0.2) is 23.4 Å². The average molecular weight is 296 g/mol. The van der Waals surface area contributed by atoms with Gasteiger partial charge in [-0.2, -0.15) is 0 Å². The van der Waals surface area contributed by atoms with Crippen molar-refractivity contribution in [1.82, 2.24) is 9.88 Å². The third-order valence-electron chi connectivity index (χ3n) is 2.80. The van der Waals surface area contributed by atoms with E-state index in [4.69, 9.17) is 5.11 Å². The monoisotopic (exact) mass is 296 g/mol. The van der Waals surface area contributed by atoms with E-state index in [0.29, 0.717) is 10.6 Å². The average Bonchev–Trinajstić information content (AvgIpc) is 2.36. The van der Waals surface area contributed by atoms with Crippen molar-refractivity contribution in [2.24, 2.45) is 0 Å². The molecule has 1 amide bonds. The van der Waals surface area contributed by atoms with E-state index in [2.05, 4.69) is 4.98 Å². The molecule has 0 aliphatic heterocycles. The Morgan fingerprint density at radius 3 is 2.55 bits per heavy atom. The lowest BCUT2D eigenvalue weighted by Gasteiger charge is -2.35. The summed E-state index contributed by atoms with van der Waals surface area (Å²) in [6.45, 7) is 5.85. The van der Waals surface area contributed by atoms with Crippen LogP contribution >= 0.6 is 11.8 Å². The summed E-state index contributed by atoms with van der Waals surface area (Å²) in [5, 5.41) is 9.48. The fraction of sp³-hybridized carbons (Fsp3) is 0.500. The van der Waals surface area contributed by atoms with Gasteiger partial charge < -0.3 is 10.0 Å². The Kier molecular flexibility index (Phi) is 5.56. The number of hydrogen-bond acceptors (Lipinski definition) is 4. The molecule has 0 unspecified atom stereocenters. The highest BCUT2D eigenvalue weighted by molar-refractivity contribution is 7.98. The Morgan fingerprint density at radius 2 is 2.05 bits per heavy atom. The van der Waals surface area contributed by atoms with Crippen LogP contribution in [0.2, 0.25) is 0 Å². The number of thioether (sulfide) groups is 1. The van der Waals surface area contributed by atoms with Crippen LogP contribution < -0.4 is 0 Å². The van der Waals surface area contributed by atoms with Crippen LogP contribution in [0, 0.1) is 0 Å². The number of hydrogen-bond donors (Lipinski definition) is 1. The quantitative estimate of drug-likeness (QED) is 0.845. The van der Waals surface area contributed by atoms with E-state index in [1.54, 1.807) is 23.2 Å². The lowest BCUT2D eigenvalue weighted by molar-refractivity contribution is -0.137. The van der Waals surface area contributed by atoms with Gasteiger partial charge in [0.1, 0.15) is 5.03 Å². The topological polar surface area (TPSA) is 70.5 Å².